The number of methoxy groups -OCH3 is 1. The Kier molecular flexibility index (Phi) is 5.71. The van der Waals surface area contributed by atoms with Crippen molar-refractivity contribution in [2.24, 2.45) is 0 Å². The van der Waals surface area contributed by atoms with Crippen LogP contribution in [0, 0.1) is 6.92 Å². The monoisotopic (exact) mass is 349 g/mol. The van der Waals surface area contributed by atoms with E-state index >= 15 is 0 Å². The summed E-state index contributed by atoms with van der Waals surface area (Å²) in [6.07, 6.45) is -1.38. The summed E-state index contributed by atoms with van der Waals surface area (Å²) < 4.78 is 31.8. The Morgan fingerprint density at radius 3 is 2.21 bits per heavy atom. The van der Waals surface area contributed by atoms with Crippen molar-refractivity contribution in [1.82, 2.24) is 4.72 Å². The standard InChI is InChI=1S/C17H19NO5S/c1-12-8-10-14(11-9-12)24(21,22)18-15(17(20)23-2)16(19)13-6-4-3-5-7-13/h3-11,15-16,18-19H,1-2H3/t15-,16+/m1/s1. The number of aliphatic hydroxyl groups excluding tert-OH is 1. The smallest absolute Gasteiger partial charge is 0.326 e. The van der Waals surface area contributed by atoms with E-state index in [0.717, 1.165) is 12.7 Å². The minimum absolute atomic E-state index is 0.00210. The van der Waals surface area contributed by atoms with Crippen molar-refractivity contribution in [3.63, 3.8) is 0 Å². The van der Waals surface area contributed by atoms with Crippen molar-refractivity contribution in [3.05, 3.63) is 65.7 Å². The Morgan fingerprint density at radius 2 is 1.67 bits per heavy atom. The largest absolute Gasteiger partial charge is 0.468 e. The van der Waals surface area contributed by atoms with Gasteiger partial charge in [0, 0.05) is 0 Å². The number of nitrogens with one attached hydrogen (secondary N) is 1. The number of hydrogen-bond acceptors (Lipinski definition) is 5. The van der Waals surface area contributed by atoms with Gasteiger partial charge in [-0.1, -0.05) is 48.0 Å². The minimum Gasteiger partial charge on any atom is -0.468 e. The quantitative estimate of drug-likeness (QED) is 0.772. The van der Waals surface area contributed by atoms with Gasteiger partial charge in [-0.25, -0.2) is 8.42 Å². The maximum absolute atomic E-state index is 12.5. The van der Waals surface area contributed by atoms with Crippen LogP contribution >= 0.6 is 0 Å². The Morgan fingerprint density at radius 1 is 1.08 bits per heavy atom. The minimum atomic E-state index is -4.00. The third kappa shape index (κ3) is 4.19. The Labute approximate surface area is 141 Å². The first-order chi connectivity index (χ1) is 11.3. The van der Waals surface area contributed by atoms with Gasteiger partial charge in [-0.3, -0.25) is 4.79 Å². The summed E-state index contributed by atoms with van der Waals surface area (Å²) in [4.78, 5) is 12.0. The molecule has 0 heterocycles. The fraction of sp³-hybridized carbons (Fsp3) is 0.235. The van der Waals surface area contributed by atoms with Crippen LogP contribution in [0.15, 0.2) is 59.5 Å². The predicted octanol–water partition coefficient (Wildman–Crippen LogP) is 1.55. The van der Waals surface area contributed by atoms with Crippen molar-refractivity contribution in [3.8, 4) is 0 Å². The van der Waals surface area contributed by atoms with E-state index in [1.165, 1.54) is 12.1 Å². The van der Waals surface area contributed by atoms with E-state index in [1.807, 2.05) is 6.92 Å². The Bertz CT molecular complexity index is 787. The van der Waals surface area contributed by atoms with Gasteiger partial charge in [0.15, 0.2) is 0 Å². The molecule has 0 saturated carbocycles. The molecule has 24 heavy (non-hydrogen) atoms. The molecule has 2 atom stereocenters. The van der Waals surface area contributed by atoms with Gasteiger partial charge in [-0.2, -0.15) is 4.72 Å². The summed E-state index contributed by atoms with van der Waals surface area (Å²) in [6.45, 7) is 1.83. The van der Waals surface area contributed by atoms with E-state index in [9.17, 15) is 18.3 Å². The van der Waals surface area contributed by atoms with Crippen LogP contribution in [-0.4, -0.2) is 32.6 Å². The van der Waals surface area contributed by atoms with Crippen molar-refractivity contribution in [2.45, 2.75) is 24.0 Å². The molecule has 2 rings (SSSR count). The number of esters is 1. The van der Waals surface area contributed by atoms with Crippen LogP contribution in [-0.2, 0) is 19.6 Å². The van der Waals surface area contributed by atoms with E-state index in [4.69, 9.17) is 0 Å². The molecule has 0 aromatic heterocycles. The van der Waals surface area contributed by atoms with Gasteiger partial charge in [0.25, 0.3) is 0 Å². The van der Waals surface area contributed by atoms with Crippen LogP contribution in [0.2, 0.25) is 0 Å². The van der Waals surface area contributed by atoms with Gasteiger partial charge in [-0.05, 0) is 24.6 Å². The van der Waals surface area contributed by atoms with E-state index in [1.54, 1.807) is 42.5 Å². The van der Waals surface area contributed by atoms with Crippen LogP contribution in [0.25, 0.3) is 0 Å². The van der Waals surface area contributed by atoms with Gasteiger partial charge in [0.1, 0.15) is 12.1 Å². The summed E-state index contributed by atoms with van der Waals surface area (Å²) in [5.74, 6) is -0.873. The second kappa shape index (κ2) is 7.57. The normalized spacial score (nSPS) is 14.0. The van der Waals surface area contributed by atoms with Crippen molar-refractivity contribution < 1.29 is 23.1 Å². The summed E-state index contributed by atoms with van der Waals surface area (Å²) in [6, 6.07) is 13.0. The number of benzene rings is 2. The zero-order valence-corrected chi connectivity index (χ0v) is 14.2. The molecule has 2 aromatic carbocycles. The molecule has 0 aliphatic rings. The highest BCUT2D eigenvalue weighted by Crippen LogP contribution is 2.20. The molecule has 0 spiro atoms. The first kappa shape index (κ1) is 18.1. The molecular formula is C17H19NO5S. The third-order valence-electron chi connectivity index (χ3n) is 3.53. The maximum Gasteiger partial charge on any atom is 0.326 e. The zero-order valence-electron chi connectivity index (χ0n) is 13.3. The molecule has 0 amide bonds. The fourth-order valence-corrected chi connectivity index (χ4v) is 3.35. The number of sulfonamides is 1. The molecule has 0 fully saturated rings. The van der Waals surface area contributed by atoms with Gasteiger partial charge in [0.05, 0.1) is 12.0 Å². The lowest BCUT2D eigenvalue weighted by molar-refractivity contribution is -0.145. The molecule has 2 N–H and O–H groups in total. The maximum atomic E-state index is 12.5. The molecule has 0 bridgehead atoms. The highest BCUT2D eigenvalue weighted by Gasteiger charge is 2.33. The van der Waals surface area contributed by atoms with Gasteiger partial charge in [-0.15, -0.1) is 0 Å². The molecule has 2 aromatic rings. The fourth-order valence-electron chi connectivity index (χ4n) is 2.16. The second-order valence-corrected chi connectivity index (χ2v) is 7.00. The molecule has 0 aliphatic heterocycles. The second-order valence-electron chi connectivity index (χ2n) is 5.29. The molecule has 0 aliphatic carbocycles. The summed E-state index contributed by atoms with van der Waals surface area (Å²) in [7, 11) is -2.86. The van der Waals surface area contributed by atoms with Crippen LogP contribution in [0.1, 0.15) is 17.2 Å². The molecule has 128 valence electrons. The number of ether oxygens (including phenoxy) is 1. The van der Waals surface area contributed by atoms with Gasteiger partial charge < -0.3 is 9.84 Å². The van der Waals surface area contributed by atoms with Gasteiger partial charge >= 0.3 is 5.97 Å². The summed E-state index contributed by atoms with van der Waals surface area (Å²) >= 11 is 0. The van der Waals surface area contributed by atoms with Crippen molar-refractivity contribution in [2.75, 3.05) is 7.11 Å². The van der Waals surface area contributed by atoms with E-state index in [-0.39, 0.29) is 4.90 Å². The Hall–Kier alpha value is -2.22. The average Bonchev–Trinajstić information content (AvgIpc) is 2.59. The SMILES string of the molecule is COC(=O)[C@H](NS(=O)(=O)c1ccc(C)cc1)[C@@H](O)c1ccccc1. The Balaban J connectivity index is 2.32. The topological polar surface area (TPSA) is 92.7 Å². The van der Waals surface area contributed by atoms with Crippen molar-refractivity contribution in [1.29, 1.82) is 0 Å². The molecule has 0 radical (unpaired) electrons. The molecular weight excluding hydrogens is 330 g/mol. The summed E-state index contributed by atoms with van der Waals surface area (Å²) in [5.41, 5.74) is 1.31. The van der Waals surface area contributed by atoms with Gasteiger partial charge in [0.2, 0.25) is 10.0 Å². The highest BCUT2D eigenvalue weighted by molar-refractivity contribution is 7.89. The lowest BCUT2D eigenvalue weighted by atomic mass is 10.0. The third-order valence-corrected chi connectivity index (χ3v) is 4.98. The number of aliphatic hydroxyl groups is 1. The number of aryl methyl sites for hydroxylation is 1. The summed E-state index contributed by atoms with van der Waals surface area (Å²) in [5, 5.41) is 10.4. The molecule has 0 saturated heterocycles. The number of carbonyl (C=O) groups is 1. The first-order valence-corrected chi connectivity index (χ1v) is 8.73. The van der Waals surface area contributed by atoms with Crippen LogP contribution in [0.4, 0.5) is 0 Å². The molecule has 6 nitrogen and oxygen atoms in total. The predicted molar refractivity (Wildman–Crippen MR) is 88.7 cm³/mol. The van der Waals surface area contributed by atoms with Crippen LogP contribution in [0.3, 0.4) is 0 Å². The van der Waals surface area contributed by atoms with Crippen LogP contribution in [0.5, 0.6) is 0 Å². The number of hydrogen-bond donors (Lipinski definition) is 2. The highest BCUT2D eigenvalue weighted by atomic mass is 32.2. The van der Waals surface area contributed by atoms with Crippen LogP contribution < -0.4 is 4.72 Å². The van der Waals surface area contributed by atoms with E-state index < -0.39 is 28.1 Å². The van der Waals surface area contributed by atoms with E-state index in [2.05, 4.69) is 9.46 Å². The lowest BCUT2D eigenvalue weighted by Gasteiger charge is -2.22. The first-order valence-electron chi connectivity index (χ1n) is 7.25. The molecule has 7 heteroatoms. The number of carbonyl (C=O) groups excluding carboxylic acids is 1. The van der Waals surface area contributed by atoms with E-state index in [0.29, 0.717) is 5.56 Å². The number of rotatable bonds is 6. The lowest BCUT2D eigenvalue weighted by Crippen LogP contribution is -2.45. The zero-order chi connectivity index (χ0) is 17.7. The van der Waals surface area contributed by atoms with Crippen molar-refractivity contribution >= 4 is 16.0 Å². The average molecular weight is 349 g/mol. The molecule has 0 unspecified atom stereocenters.